The maximum atomic E-state index is 12.2. The van der Waals surface area contributed by atoms with Gasteiger partial charge in [0.1, 0.15) is 5.82 Å². The van der Waals surface area contributed by atoms with Crippen LogP contribution in [0, 0.1) is 0 Å². The van der Waals surface area contributed by atoms with Crippen LogP contribution in [0.5, 0.6) is 0 Å². The van der Waals surface area contributed by atoms with Gasteiger partial charge in [-0.1, -0.05) is 30.0 Å². The summed E-state index contributed by atoms with van der Waals surface area (Å²) in [5, 5.41) is 5.94. The van der Waals surface area contributed by atoms with Crippen molar-refractivity contribution < 1.29 is 9.63 Å². The van der Waals surface area contributed by atoms with Crippen LogP contribution in [-0.4, -0.2) is 60.0 Å². The number of aromatic nitrogens is 2. The van der Waals surface area contributed by atoms with E-state index >= 15 is 0 Å². The lowest BCUT2D eigenvalue weighted by Gasteiger charge is -2.35. The average Bonchev–Trinajstić information content (AvgIpc) is 2.74. The Hall–Kier alpha value is -2.16. The summed E-state index contributed by atoms with van der Waals surface area (Å²) < 4.78 is 0. The number of nitrogens with zero attached hydrogens (tertiary/aromatic N) is 4. The summed E-state index contributed by atoms with van der Waals surface area (Å²) in [5.74, 6) is 0.735. The van der Waals surface area contributed by atoms with Crippen LogP contribution in [0.2, 0.25) is 0 Å². The Balaban J connectivity index is 1.43. The smallest absolute Gasteiger partial charge is 0.357 e. The van der Waals surface area contributed by atoms with E-state index in [1.807, 2.05) is 24.5 Å². The van der Waals surface area contributed by atoms with Crippen LogP contribution in [-0.2, 0) is 17.8 Å². The minimum atomic E-state index is -0.306. The Bertz CT molecular complexity index is 809. The molecule has 8 heteroatoms. The fraction of sp³-hybridized carbons (Fsp3) is 0.421. The molecule has 0 saturated carbocycles. The van der Waals surface area contributed by atoms with Gasteiger partial charge < -0.3 is 15.1 Å². The molecule has 1 aromatic carbocycles. The van der Waals surface area contributed by atoms with Crippen molar-refractivity contribution in [3.05, 3.63) is 47.2 Å². The van der Waals surface area contributed by atoms with Crippen LogP contribution in [0.25, 0.3) is 0 Å². The van der Waals surface area contributed by atoms with E-state index in [2.05, 4.69) is 15.2 Å². The van der Waals surface area contributed by atoms with Gasteiger partial charge in [0.25, 0.3) is 0 Å². The van der Waals surface area contributed by atoms with Gasteiger partial charge in [-0.15, -0.1) is 5.06 Å². The standard InChI is InChI=1S/C19H23N5O2S/c1-27-19-21-16-13-20-8-7-15(16)17(22-19)23-9-11-24(12-10-23)26-18(25)14-5-3-2-4-6-14/h2-6,20H,7-13H2,1H3. The topological polar surface area (TPSA) is 70.6 Å². The van der Waals surface area contributed by atoms with Crippen LogP contribution in [0.3, 0.4) is 0 Å². The lowest BCUT2D eigenvalue weighted by atomic mass is 10.1. The zero-order valence-electron chi connectivity index (χ0n) is 15.4. The van der Waals surface area contributed by atoms with E-state index in [-0.39, 0.29) is 5.97 Å². The average molecular weight is 385 g/mol. The molecule has 0 atom stereocenters. The first-order valence-electron chi connectivity index (χ1n) is 9.16. The third kappa shape index (κ3) is 4.07. The van der Waals surface area contributed by atoms with Crippen LogP contribution >= 0.6 is 11.8 Å². The fourth-order valence-corrected chi connectivity index (χ4v) is 3.79. The number of hydrogen-bond acceptors (Lipinski definition) is 8. The van der Waals surface area contributed by atoms with Gasteiger partial charge in [0.05, 0.1) is 24.3 Å². The quantitative estimate of drug-likeness (QED) is 0.630. The van der Waals surface area contributed by atoms with Gasteiger partial charge in [-0.3, -0.25) is 0 Å². The predicted octanol–water partition coefficient (Wildman–Crippen LogP) is 1.74. The molecule has 1 aromatic heterocycles. The van der Waals surface area contributed by atoms with Crippen LogP contribution in [0.1, 0.15) is 21.6 Å². The van der Waals surface area contributed by atoms with E-state index in [1.165, 1.54) is 5.56 Å². The first-order valence-corrected chi connectivity index (χ1v) is 10.4. The first kappa shape index (κ1) is 18.2. The van der Waals surface area contributed by atoms with Crippen molar-refractivity contribution in [2.45, 2.75) is 18.1 Å². The molecule has 0 aliphatic carbocycles. The minimum absolute atomic E-state index is 0.306. The Morgan fingerprint density at radius 3 is 2.67 bits per heavy atom. The van der Waals surface area contributed by atoms with E-state index in [4.69, 9.17) is 9.82 Å². The number of hydrogen-bond donors (Lipinski definition) is 1. The molecule has 0 spiro atoms. The molecule has 0 radical (unpaired) electrons. The molecule has 0 unspecified atom stereocenters. The Labute approximate surface area is 163 Å². The fourth-order valence-electron chi connectivity index (χ4n) is 3.41. The normalized spacial score (nSPS) is 17.4. The zero-order valence-corrected chi connectivity index (χ0v) is 16.2. The lowest BCUT2D eigenvalue weighted by Crippen LogP contribution is -2.48. The van der Waals surface area contributed by atoms with Crippen molar-refractivity contribution >= 4 is 23.5 Å². The molecule has 0 bridgehead atoms. The SMILES string of the molecule is CSc1nc2c(c(N3CCN(OC(=O)c4ccccc4)CC3)n1)CCNC2. The molecule has 27 heavy (non-hydrogen) atoms. The highest BCUT2D eigenvalue weighted by Gasteiger charge is 2.26. The second-order valence-corrected chi connectivity index (χ2v) is 7.32. The number of carbonyl (C=O) groups is 1. The van der Waals surface area contributed by atoms with Crippen molar-refractivity contribution in [1.82, 2.24) is 20.3 Å². The monoisotopic (exact) mass is 385 g/mol. The van der Waals surface area contributed by atoms with Crippen molar-refractivity contribution in [3.63, 3.8) is 0 Å². The minimum Gasteiger partial charge on any atom is -0.364 e. The maximum absolute atomic E-state index is 12.2. The Morgan fingerprint density at radius 2 is 1.93 bits per heavy atom. The second-order valence-electron chi connectivity index (χ2n) is 6.55. The molecule has 2 aliphatic rings. The number of rotatable bonds is 4. The molecule has 142 valence electrons. The largest absolute Gasteiger partial charge is 0.364 e. The van der Waals surface area contributed by atoms with E-state index in [1.54, 1.807) is 29.0 Å². The van der Waals surface area contributed by atoms with Crippen molar-refractivity contribution in [2.24, 2.45) is 0 Å². The Morgan fingerprint density at radius 1 is 1.15 bits per heavy atom. The molecule has 1 saturated heterocycles. The molecule has 7 nitrogen and oxygen atoms in total. The molecule has 1 fully saturated rings. The van der Waals surface area contributed by atoms with Gasteiger partial charge >= 0.3 is 5.97 Å². The van der Waals surface area contributed by atoms with Gasteiger partial charge in [0.15, 0.2) is 5.16 Å². The maximum Gasteiger partial charge on any atom is 0.357 e. The molecule has 3 heterocycles. The summed E-state index contributed by atoms with van der Waals surface area (Å²) in [4.78, 5) is 29.5. The summed E-state index contributed by atoms with van der Waals surface area (Å²) in [6, 6.07) is 9.10. The number of hydroxylamine groups is 2. The number of nitrogens with one attached hydrogen (secondary N) is 1. The van der Waals surface area contributed by atoms with Gasteiger partial charge in [0, 0.05) is 25.2 Å². The molecule has 2 aliphatic heterocycles. The summed E-state index contributed by atoms with van der Waals surface area (Å²) in [6.45, 7) is 4.61. The van der Waals surface area contributed by atoms with Crippen molar-refractivity contribution in [1.29, 1.82) is 0 Å². The highest BCUT2D eigenvalue weighted by atomic mass is 32.2. The third-order valence-corrected chi connectivity index (χ3v) is 5.38. The molecular weight excluding hydrogens is 362 g/mol. The number of thioether (sulfide) groups is 1. The van der Waals surface area contributed by atoms with E-state index < -0.39 is 0 Å². The second kappa shape index (κ2) is 8.24. The van der Waals surface area contributed by atoms with Crippen LogP contribution < -0.4 is 10.2 Å². The van der Waals surface area contributed by atoms with E-state index in [0.717, 1.165) is 49.3 Å². The predicted molar refractivity (Wildman–Crippen MR) is 105 cm³/mol. The van der Waals surface area contributed by atoms with Crippen molar-refractivity contribution in [3.8, 4) is 0 Å². The van der Waals surface area contributed by atoms with Gasteiger partial charge in [-0.25, -0.2) is 14.8 Å². The first-order chi connectivity index (χ1) is 13.2. The molecule has 4 rings (SSSR count). The van der Waals surface area contributed by atoms with Crippen LogP contribution in [0.15, 0.2) is 35.5 Å². The highest BCUT2D eigenvalue weighted by Crippen LogP contribution is 2.27. The molecule has 2 aromatic rings. The van der Waals surface area contributed by atoms with E-state index in [0.29, 0.717) is 18.7 Å². The number of fused-ring (bicyclic) bond motifs is 1. The summed E-state index contributed by atoms with van der Waals surface area (Å²) >= 11 is 1.57. The number of piperazine rings is 1. The van der Waals surface area contributed by atoms with Gasteiger partial charge in [-0.2, -0.15) is 0 Å². The number of carbonyl (C=O) groups excluding carboxylic acids is 1. The molecule has 0 amide bonds. The summed E-state index contributed by atoms with van der Waals surface area (Å²) in [6.07, 6.45) is 2.95. The van der Waals surface area contributed by atoms with Crippen molar-refractivity contribution in [2.75, 3.05) is 43.9 Å². The lowest BCUT2D eigenvalue weighted by molar-refractivity contribution is -0.112. The Kier molecular flexibility index (Phi) is 5.56. The summed E-state index contributed by atoms with van der Waals surface area (Å²) in [7, 11) is 0. The molecular formula is C19H23N5O2S. The number of benzene rings is 1. The molecule has 1 N–H and O–H groups in total. The van der Waals surface area contributed by atoms with Gasteiger partial charge in [-0.05, 0) is 31.4 Å². The zero-order chi connectivity index (χ0) is 18.6. The third-order valence-electron chi connectivity index (χ3n) is 4.84. The van der Waals surface area contributed by atoms with E-state index in [9.17, 15) is 4.79 Å². The van der Waals surface area contributed by atoms with Crippen LogP contribution in [0.4, 0.5) is 5.82 Å². The number of anilines is 1. The van der Waals surface area contributed by atoms with Gasteiger partial charge in [0.2, 0.25) is 0 Å². The highest BCUT2D eigenvalue weighted by molar-refractivity contribution is 7.98. The summed E-state index contributed by atoms with van der Waals surface area (Å²) in [5.41, 5.74) is 2.93.